The standard InChI is InChI=1S/C21H27BrFNO/c1-19(2,16-5-3-4-6-17(16)23)13-24-18(25)20-8-14-7-15(9-20)11-21(22,10-14)12-20/h3-6,14-15H,7-13H2,1-2H3,(H,24,25). The number of nitrogens with one attached hydrogen (secondary N) is 1. The maximum atomic E-state index is 14.2. The van der Waals surface area contributed by atoms with Crippen LogP contribution in [0.15, 0.2) is 24.3 Å². The zero-order chi connectivity index (χ0) is 17.9. The summed E-state index contributed by atoms with van der Waals surface area (Å²) in [6.45, 7) is 4.47. The van der Waals surface area contributed by atoms with Crippen LogP contribution in [0, 0.1) is 23.1 Å². The Bertz CT molecular complexity index is 687. The number of carbonyl (C=O) groups is 1. The molecular formula is C21H27BrFNO. The fraction of sp³-hybridized carbons (Fsp3) is 0.667. The number of benzene rings is 1. The smallest absolute Gasteiger partial charge is 0.226 e. The zero-order valence-electron chi connectivity index (χ0n) is 15.1. The fourth-order valence-corrected chi connectivity index (χ4v) is 7.46. The van der Waals surface area contributed by atoms with E-state index >= 15 is 0 Å². The number of halogens is 2. The third kappa shape index (κ3) is 3.05. The first-order valence-electron chi connectivity index (χ1n) is 9.44. The van der Waals surface area contributed by atoms with Gasteiger partial charge in [-0.15, -0.1) is 0 Å². The molecule has 2 nitrogen and oxygen atoms in total. The molecular weight excluding hydrogens is 381 g/mol. The van der Waals surface area contributed by atoms with Gasteiger partial charge in [-0.25, -0.2) is 4.39 Å². The predicted octanol–water partition coefficient (Wildman–Crippen LogP) is 4.95. The summed E-state index contributed by atoms with van der Waals surface area (Å²) >= 11 is 3.97. The van der Waals surface area contributed by atoms with Crippen LogP contribution in [0.25, 0.3) is 0 Å². The lowest BCUT2D eigenvalue weighted by Gasteiger charge is -2.59. The second kappa shape index (κ2) is 5.80. The quantitative estimate of drug-likeness (QED) is 0.702. The van der Waals surface area contributed by atoms with Crippen molar-refractivity contribution in [2.75, 3.05) is 6.54 Å². The average Bonchev–Trinajstić information content (AvgIpc) is 2.50. The number of carbonyl (C=O) groups excluding carboxylic acids is 1. The minimum atomic E-state index is -0.421. The molecule has 0 radical (unpaired) electrons. The van der Waals surface area contributed by atoms with E-state index in [9.17, 15) is 9.18 Å². The molecule has 4 fully saturated rings. The van der Waals surface area contributed by atoms with Gasteiger partial charge < -0.3 is 5.32 Å². The lowest BCUT2D eigenvalue weighted by Crippen LogP contribution is -2.59. The van der Waals surface area contributed by atoms with E-state index in [-0.39, 0.29) is 21.5 Å². The van der Waals surface area contributed by atoms with Gasteiger partial charge in [0, 0.05) is 16.3 Å². The van der Waals surface area contributed by atoms with Crippen molar-refractivity contribution in [1.82, 2.24) is 5.32 Å². The molecule has 4 saturated carbocycles. The van der Waals surface area contributed by atoms with Crippen molar-refractivity contribution in [1.29, 1.82) is 0 Å². The van der Waals surface area contributed by atoms with Crippen molar-refractivity contribution < 1.29 is 9.18 Å². The van der Waals surface area contributed by atoms with Crippen molar-refractivity contribution >= 4 is 21.8 Å². The first kappa shape index (κ1) is 17.5. The van der Waals surface area contributed by atoms with Crippen LogP contribution in [0.4, 0.5) is 4.39 Å². The largest absolute Gasteiger partial charge is 0.355 e. The van der Waals surface area contributed by atoms with Gasteiger partial charge in [0.1, 0.15) is 5.82 Å². The number of amides is 1. The van der Waals surface area contributed by atoms with Gasteiger partial charge in [-0.1, -0.05) is 48.0 Å². The average molecular weight is 408 g/mol. The Morgan fingerprint density at radius 2 is 1.88 bits per heavy atom. The van der Waals surface area contributed by atoms with Gasteiger partial charge >= 0.3 is 0 Å². The van der Waals surface area contributed by atoms with E-state index in [0.29, 0.717) is 23.9 Å². The minimum absolute atomic E-state index is 0.176. The zero-order valence-corrected chi connectivity index (χ0v) is 16.7. The van der Waals surface area contributed by atoms with Crippen molar-refractivity contribution in [3.05, 3.63) is 35.6 Å². The summed E-state index contributed by atoms with van der Waals surface area (Å²) < 4.78 is 14.3. The van der Waals surface area contributed by atoms with E-state index in [2.05, 4.69) is 21.2 Å². The van der Waals surface area contributed by atoms with Crippen LogP contribution >= 0.6 is 15.9 Å². The molecule has 4 aliphatic rings. The Morgan fingerprint density at radius 1 is 1.24 bits per heavy atom. The first-order chi connectivity index (χ1) is 11.7. The maximum Gasteiger partial charge on any atom is 0.226 e. The maximum absolute atomic E-state index is 14.2. The van der Waals surface area contributed by atoms with Crippen LogP contribution in [0.2, 0.25) is 0 Å². The third-order valence-corrected chi connectivity index (χ3v) is 7.69. The molecule has 4 bridgehead atoms. The van der Waals surface area contributed by atoms with E-state index in [1.54, 1.807) is 6.07 Å². The summed E-state index contributed by atoms with van der Waals surface area (Å²) in [4.78, 5) is 13.2. The summed E-state index contributed by atoms with van der Waals surface area (Å²) in [6.07, 6.45) is 6.76. The SMILES string of the molecule is CC(C)(CNC(=O)C12CC3CC(CC(Br)(C3)C1)C2)c1ccccc1F. The summed E-state index contributed by atoms with van der Waals surface area (Å²) in [5.74, 6) is 1.36. The molecule has 4 heteroatoms. The lowest BCUT2D eigenvalue weighted by atomic mass is 9.49. The van der Waals surface area contributed by atoms with Crippen molar-refractivity contribution in [3.8, 4) is 0 Å². The highest BCUT2D eigenvalue weighted by Gasteiger charge is 2.59. The van der Waals surface area contributed by atoms with Crippen LogP contribution in [0.5, 0.6) is 0 Å². The number of hydrogen-bond acceptors (Lipinski definition) is 1. The predicted molar refractivity (Wildman–Crippen MR) is 101 cm³/mol. The van der Waals surface area contributed by atoms with Gasteiger partial charge in [0.15, 0.2) is 0 Å². The Kier molecular flexibility index (Phi) is 4.06. The van der Waals surface area contributed by atoms with Crippen LogP contribution < -0.4 is 5.32 Å². The Hall–Kier alpha value is -0.900. The van der Waals surface area contributed by atoms with Gasteiger partial charge in [0.25, 0.3) is 0 Å². The summed E-state index contributed by atoms with van der Waals surface area (Å²) in [5, 5.41) is 3.20. The molecule has 1 aromatic rings. The summed E-state index contributed by atoms with van der Waals surface area (Å²) in [5.41, 5.74) is 0.0339. The van der Waals surface area contributed by atoms with Crippen LogP contribution in [-0.2, 0) is 10.2 Å². The molecule has 0 aromatic heterocycles. The molecule has 25 heavy (non-hydrogen) atoms. The first-order valence-corrected chi connectivity index (χ1v) is 10.2. The van der Waals surface area contributed by atoms with Crippen LogP contribution in [0.1, 0.15) is 57.9 Å². The molecule has 1 aromatic carbocycles. The second-order valence-corrected chi connectivity index (χ2v) is 11.1. The van der Waals surface area contributed by atoms with E-state index in [0.717, 1.165) is 19.3 Å². The van der Waals surface area contributed by atoms with Gasteiger partial charge in [-0.2, -0.15) is 0 Å². The van der Waals surface area contributed by atoms with Crippen molar-refractivity contribution in [3.63, 3.8) is 0 Å². The fourth-order valence-electron chi connectivity index (χ4n) is 6.01. The molecule has 5 rings (SSSR count). The second-order valence-electron chi connectivity index (χ2n) is 9.44. The molecule has 0 saturated heterocycles. The lowest BCUT2D eigenvalue weighted by molar-refractivity contribution is -0.144. The molecule has 4 aliphatic carbocycles. The number of hydrogen-bond donors (Lipinski definition) is 1. The summed E-state index contributed by atoms with van der Waals surface area (Å²) in [7, 11) is 0. The molecule has 0 spiro atoms. The van der Waals surface area contributed by atoms with Crippen molar-refractivity contribution in [2.24, 2.45) is 17.3 Å². The highest BCUT2D eigenvalue weighted by atomic mass is 79.9. The van der Waals surface area contributed by atoms with E-state index in [4.69, 9.17) is 0 Å². The molecule has 2 atom stereocenters. The van der Waals surface area contributed by atoms with Gasteiger partial charge in [0.2, 0.25) is 5.91 Å². The third-order valence-electron chi connectivity index (χ3n) is 6.77. The van der Waals surface area contributed by atoms with Gasteiger partial charge in [-0.3, -0.25) is 4.79 Å². The van der Waals surface area contributed by atoms with Crippen LogP contribution in [-0.4, -0.2) is 16.8 Å². The van der Waals surface area contributed by atoms with E-state index in [1.165, 1.54) is 25.3 Å². The monoisotopic (exact) mass is 407 g/mol. The Morgan fingerprint density at radius 3 is 2.48 bits per heavy atom. The van der Waals surface area contributed by atoms with Gasteiger partial charge in [0.05, 0.1) is 5.41 Å². The Balaban J connectivity index is 1.48. The highest BCUT2D eigenvalue weighted by Crippen LogP contribution is 2.64. The summed E-state index contributed by atoms with van der Waals surface area (Å²) in [6, 6.07) is 6.88. The normalized spacial score (nSPS) is 36.5. The van der Waals surface area contributed by atoms with E-state index < -0.39 is 5.41 Å². The van der Waals surface area contributed by atoms with E-state index in [1.807, 2.05) is 26.0 Å². The molecule has 1 N–H and O–H groups in total. The van der Waals surface area contributed by atoms with Gasteiger partial charge in [-0.05, 0) is 62.0 Å². The molecule has 136 valence electrons. The molecule has 0 heterocycles. The molecule has 1 amide bonds. The minimum Gasteiger partial charge on any atom is -0.355 e. The Labute approximate surface area is 158 Å². The molecule has 2 unspecified atom stereocenters. The molecule has 0 aliphatic heterocycles. The topological polar surface area (TPSA) is 29.1 Å². The number of alkyl halides is 1. The number of rotatable bonds is 4. The highest BCUT2D eigenvalue weighted by molar-refractivity contribution is 9.10. The van der Waals surface area contributed by atoms with Crippen LogP contribution in [0.3, 0.4) is 0 Å². The van der Waals surface area contributed by atoms with Crippen molar-refractivity contribution in [2.45, 2.75) is 62.1 Å².